The van der Waals surface area contributed by atoms with Crippen LogP contribution < -0.4 is 16.0 Å². The highest BCUT2D eigenvalue weighted by molar-refractivity contribution is 6.05. The van der Waals surface area contributed by atoms with Gasteiger partial charge in [0.05, 0.1) is 11.5 Å². The molecule has 0 aliphatic rings. The van der Waals surface area contributed by atoms with Crippen LogP contribution in [0.25, 0.3) is 0 Å². The van der Waals surface area contributed by atoms with Gasteiger partial charge in [-0.3, -0.25) is 20.4 Å². The number of amides is 2. The lowest BCUT2D eigenvalue weighted by Gasteiger charge is -2.11. The molecule has 2 N–H and O–H groups in total. The minimum Gasteiger partial charge on any atom is -0.545 e. The van der Waals surface area contributed by atoms with Crippen LogP contribution in [0.1, 0.15) is 36.6 Å². The summed E-state index contributed by atoms with van der Waals surface area (Å²) in [4.78, 5) is 34.8. The van der Waals surface area contributed by atoms with Crippen molar-refractivity contribution in [1.82, 2.24) is 10.9 Å². The van der Waals surface area contributed by atoms with Gasteiger partial charge in [0.25, 0.3) is 11.8 Å². The number of hydrazine groups is 1. The number of carbonyl (C=O) groups is 3. The number of rotatable bonds is 3. The molecule has 0 atom stereocenters. The van der Waals surface area contributed by atoms with Crippen molar-refractivity contribution in [1.29, 1.82) is 0 Å². The molecule has 112 valence electrons. The van der Waals surface area contributed by atoms with Gasteiger partial charge < -0.3 is 9.90 Å². The standard InChI is InChI=1S/C16H14N2O4/c1-10-5-4-6-11(9-10)14(19)17-18-15(20)12-7-2-3-8-13(12)16(21)22/h2-9H,1H3,(H,17,19)(H,18,20)(H,21,22)/p-1. The zero-order valence-corrected chi connectivity index (χ0v) is 11.8. The number of nitrogens with one attached hydrogen (secondary N) is 2. The highest BCUT2D eigenvalue weighted by atomic mass is 16.4. The lowest BCUT2D eigenvalue weighted by Crippen LogP contribution is -2.42. The maximum Gasteiger partial charge on any atom is 0.270 e. The van der Waals surface area contributed by atoms with Crippen molar-refractivity contribution in [3.63, 3.8) is 0 Å². The summed E-state index contributed by atoms with van der Waals surface area (Å²) >= 11 is 0. The molecule has 0 spiro atoms. The topological polar surface area (TPSA) is 98.3 Å². The quantitative estimate of drug-likeness (QED) is 0.803. The average Bonchev–Trinajstić information content (AvgIpc) is 2.52. The van der Waals surface area contributed by atoms with Gasteiger partial charge in [-0.1, -0.05) is 35.9 Å². The molecule has 2 aromatic carbocycles. The first-order chi connectivity index (χ1) is 10.5. The Kier molecular flexibility index (Phi) is 4.53. The predicted octanol–water partition coefficient (Wildman–Crippen LogP) is 0.433. The third-order valence-corrected chi connectivity index (χ3v) is 2.96. The fraction of sp³-hybridized carbons (Fsp3) is 0.0625. The number of hydrogen-bond donors (Lipinski definition) is 2. The van der Waals surface area contributed by atoms with Crippen LogP contribution in [-0.2, 0) is 0 Å². The molecule has 0 aliphatic carbocycles. The lowest BCUT2D eigenvalue weighted by atomic mass is 10.1. The van der Waals surface area contributed by atoms with Crippen molar-refractivity contribution < 1.29 is 19.5 Å². The fourth-order valence-electron chi connectivity index (χ4n) is 1.90. The Morgan fingerprint density at radius 2 is 1.50 bits per heavy atom. The molecule has 6 heteroatoms. The van der Waals surface area contributed by atoms with Gasteiger partial charge in [0.15, 0.2) is 0 Å². The molecule has 0 unspecified atom stereocenters. The van der Waals surface area contributed by atoms with Crippen LogP contribution in [-0.4, -0.2) is 17.8 Å². The predicted molar refractivity (Wildman–Crippen MR) is 76.9 cm³/mol. The monoisotopic (exact) mass is 297 g/mol. The molecule has 2 rings (SSSR count). The third-order valence-electron chi connectivity index (χ3n) is 2.96. The molecule has 0 radical (unpaired) electrons. The Morgan fingerprint density at radius 1 is 0.864 bits per heavy atom. The van der Waals surface area contributed by atoms with Crippen LogP contribution in [0.5, 0.6) is 0 Å². The molecular formula is C16H13N2O4-. The van der Waals surface area contributed by atoms with Crippen molar-refractivity contribution in [2.45, 2.75) is 6.92 Å². The molecular weight excluding hydrogens is 284 g/mol. The van der Waals surface area contributed by atoms with Gasteiger partial charge in [-0.2, -0.15) is 0 Å². The van der Waals surface area contributed by atoms with E-state index in [2.05, 4.69) is 10.9 Å². The molecule has 2 aromatic rings. The minimum absolute atomic E-state index is 0.0907. The van der Waals surface area contributed by atoms with Gasteiger partial charge in [-0.15, -0.1) is 0 Å². The third kappa shape index (κ3) is 3.49. The summed E-state index contributed by atoms with van der Waals surface area (Å²) in [5.74, 6) is -2.69. The first-order valence-electron chi connectivity index (χ1n) is 6.47. The number of carboxylic acid groups (broad SMARTS) is 1. The van der Waals surface area contributed by atoms with E-state index in [0.29, 0.717) is 5.56 Å². The second-order valence-corrected chi connectivity index (χ2v) is 4.61. The molecule has 0 heterocycles. The summed E-state index contributed by atoms with van der Waals surface area (Å²) in [6.07, 6.45) is 0. The van der Waals surface area contributed by atoms with Gasteiger partial charge in [-0.25, -0.2) is 0 Å². The number of aromatic carboxylic acids is 1. The summed E-state index contributed by atoms with van der Waals surface area (Å²) in [6.45, 7) is 1.84. The Bertz CT molecular complexity index is 740. The Morgan fingerprint density at radius 3 is 2.14 bits per heavy atom. The molecule has 0 saturated heterocycles. The smallest absolute Gasteiger partial charge is 0.270 e. The first-order valence-corrected chi connectivity index (χ1v) is 6.47. The first kappa shape index (κ1) is 15.2. The zero-order chi connectivity index (χ0) is 16.1. The van der Waals surface area contributed by atoms with Crippen LogP contribution in [0.3, 0.4) is 0 Å². The van der Waals surface area contributed by atoms with Crippen molar-refractivity contribution in [2.75, 3.05) is 0 Å². The van der Waals surface area contributed by atoms with Gasteiger partial charge in [-0.05, 0) is 25.1 Å². The summed E-state index contributed by atoms with van der Waals surface area (Å²) in [7, 11) is 0. The van der Waals surface area contributed by atoms with E-state index >= 15 is 0 Å². The van der Waals surface area contributed by atoms with Gasteiger partial charge in [0.2, 0.25) is 0 Å². The maximum atomic E-state index is 12.0. The Labute approximate surface area is 126 Å². The van der Waals surface area contributed by atoms with Crippen molar-refractivity contribution in [3.05, 3.63) is 70.8 Å². The van der Waals surface area contributed by atoms with Crippen molar-refractivity contribution in [3.8, 4) is 0 Å². The summed E-state index contributed by atoms with van der Waals surface area (Å²) in [5.41, 5.74) is 5.37. The normalized spacial score (nSPS) is 9.86. The van der Waals surface area contributed by atoms with E-state index in [9.17, 15) is 19.5 Å². The van der Waals surface area contributed by atoms with E-state index in [1.807, 2.05) is 13.0 Å². The molecule has 0 aliphatic heterocycles. The summed E-state index contributed by atoms with van der Waals surface area (Å²) in [6, 6.07) is 12.4. The highest BCUT2D eigenvalue weighted by Gasteiger charge is 2.13. The molecule has 0 bridgehead atoms. The van der Waals surface area contributed by atoms with Gasteiger partial charge in [0.1, 0.15) is 0 Å². The minimum atomic E-state index is -1.46. The van der Waals surface area contributed by atoms with Crippen LogP contribution >= 0.6 is 0 Å². The number of aryl methyl sites for hydroxylation is 1. The maximum absolute atomic E-state index is 12.0. The van der Waals surface area contributed by atoms with Gasteiger partial charge >= 0.3 is 0 Å². The van der Waals surface area contributed by atoms with E-state index in [1.54, 1.807) is 18.2 Å². The number of hydrogen-bond acceptors (Lipinski definition) is 4. The second kappa shape index (κ2) is 6.53. The Balaban J connectivity index is 2.07. The molecule has 2 amide bonds. The number of benzene rings is 2. The second-order valence-electron chi connectivity index (χ2n) is 4.61. The fourth-order valence-corrected chi connectivity index (χ4v) is 1.90. The van der Waals surface area contributed by atoms with Crippen molar-refractivity contribution in [2.24, 2.45) is 0 Å². The zero-order valence-electron chi connectivity index (χ0n) is 11.8. The summed E-state index contributed by atoms with van der Waals surface area (Å²) < 4.78 is 0. The van der Waals surface area contributed by atoms with E-state index in [-0.39, 0.29) is 11.1 Å². The van der Waals surface area contributed by atoms with Gasteiger partial charge in [0, 0.05) is 11.1 Å². The molecule has 0 saturated carbocycles. The van der Waals surface area contributed by atoms with E-state index in [4.69, 9.17) is 0 Å². The highest BCUT2D eigenvalue weighted by Crippen LogP contribution is 2.07. The van der Waals surface area contributed by atoms with E-state index in [0.717, 1.165) is 5.56 Å². The molecule has 0 fully saturated rings. The van der Waals surface area contributed by atoms with Crippen molar-refractivity contribution >= 4 is 17.8 Å². The molecule has 6 nitrogen and oxygen atoms in total. The van der Waals surface area contributed by atoms with E-state index in [1.165, 1.54) is 24.3 Å². The lowest BCUT2D eigenvalue weighted by molar-refractivity contribution is -0.255. The van der Waals surface area contributed by atoms with Crippen LogP contribution in [0.2, 0.25) is 0 Å². The number of carbonyl (C=O) groups excluding carboxylic acids is 3. The SMILES string of the molecule is Cc1cccc(C(=O)NNC(=O)c2ccccc2C(=O)[O-])c1. The van der Waals surface area contributed by atoms with Crippen LogP contribution in [0, 0.1) is 6.92 Å². The largest absolute Gasteiger partial charge is 0.545 e. The summed E-state index contributed by atoms with van der Waals surface area (Å²) in [5, 5.41) is 10.9. The molecule has 22 heavy (non-hydrogen) atoms. The average molecular weight is 297 g/mol. The van der Waals surface area contributed by atoms with Crippen LogP contribution in [0.15, 0.2) is 48.5 Å². The van der Waals surface area contributed by atoms with E-state index < -0.39 is 17.8 Å². The van der Waals surface area contributed by atoms with Crippen LogP contribution in [0.4, 0.5) is 0 Å². The molecule has 0 aromatic heterocycles. The number of carboxylic acids is 1. The Hall–Kier alpha value is -3.15.